The van der Waals surface area contributed by atoms with Gasteiger partial charge in [0.25, 0.3) is 0 Å². The summed E-state index contributed by atoms with van der Waals surface area (Å²) in [5.41, 5.74) is 2.26. The Balaban J connectivity index is 2.32. The molecule has 0 saturated carbocycles. The fraction of sp³-hybridized carbons (Fsp3) is 0.462. The number of fused-ring (bicyclic) bond motifs is 2. The van der Waals surface area contributed by atoms with Gasteiger partial charge in [-0.05, 0) is 74.3 Å². The summed E-state index contributed by atoms with van der Waals surface area (Å²) in [6.45, 7) is 27.4. The van der Waals surface area contributed by atoms with Crippen LogP contribution in [0.1, 0.15) is 0 Å². The van der Waals surface area contributed by atoms with Crippen molar-refractivity contribution in [3.05, 3.63) is 36.4 Å². The van der Waals surface area contributed by atoms with Crippen molar-refractivity contribution in [1.29, 1.82) is 0 Å². The van der Waals surface area contributed by atoms with Gasteiger partial charge in [-0.25, -0.2) is 0 Å². The molecule has 3 aromatic carbocycles. The smallest absolute Gasteiger partial charge is 0.242 e. The summed E-state index contributed by atoms with van der Waals surface area (Å²) in [7, 11) is -6.72. The Bertz CT molecular complexity index is 1110. The minimum Gasteiger partial charge on any atom is -0.543 e. The van der Waals surface area contributed by atoms with Gasteiger partial charge in [-0.3, -0.25) is 0 Å². The van der Waals surface area contributed by atoms with Crippen LogP contribution in [-0.2, 0) is 0 Å². The molecule has 0 amide bonds. The molecule has 0 fully saturated rings. The molecule has 34 heavy (non-hydrogen) atoms. The molecule has 0 aliphatic heterocycles. The fourth-order valence-electron chi connectivity index (χ4n) is 3.93. The van der Waals surface area contributed by atoms with Gasteiger partial charge in [0.05, 0.1) is 11.4 Å². The fourth-order valence-corrected chi connectivity index (χ4v) is 7.61. The van der Waals surface area contributed by atoms with Gasteiger partial charge in [0, 0.05) is 10.8 Å². The molecule has 0 aliphatic carbocycles. The van der Waals surface area contributed by atoms with Crippen molar-refractivity contribution in [2.24, 2.45) is 0 Å². The van der Waals surface area contributed by atoms with Gasteiger partial charge in [0.2, 0.25) is 16.6 Å². The van der Waals surface area contributed by atoms with Crippen LogP contribution in [0.3, 0.4) is 0 Å². The lowest BCUT2D eigenvalue weighted by Crippen LogP contribution is -2.34. The van der Waals surface area contributed by atoms with E-state index in [2.05, 4.69) is 125 Å². The van der Waals surface area contributed by atoms with Crippen LogP contribution in [-0.4, -0.2) is 33.1 Å². The van der Waals surface area contributed by atoms with E-state index in [0.717, 1.165) is 22.9 Å². The Morgan fingerprint density at radius 2 is 1.06 bits per heavy atom. The first-order valence-corrected chi connectivity index (χ1v) is 26.1. The topological polar surface area (TPSA) is 42.5 Å². The lowest BCUT2D eigenvalue weighted by atomic mass is 10.0. The van der Waals surface area contributed by atoms with E-state index < -0.39 is 33.1 Å². The number of anilines is 2. The molecule has 0 unspecified atom stereocenters. The van der Waals surface area contributed by atoms with Crippen molar-refractivity contribution in [2.75, 3.05) is 9.96 Å². The Kier molecular flexibility index (Phi) is 7.13. The normalized spacial score (nSPS) is 13.3. The second-order valence-electron chi connectivity index (χ2n) is 13.4. The molecule has 8 heteroatoms. The molecule has 0 heterocycles. The average molecular weight is 529 g/mol. The third-order valence-corrected chi connectivity index (χ3v) is 8.57. The Labute approximate surface area is 210 Å². The standard InChI is InChI=1S/C26H44N2O2Si4/c1-31(2,3)27-23-15-13-20-17-21-19(18-22(20)26(23)30-34(10,11)12)14-16-24(29-33(7,8)9)25(21)28-32(4,5)6/h13-18,27-28H,1-12H3. The van der Waals surface area contributed by atoms with Gasteiger partial charge < -0.3 is 18.8 Å². The molecule has 4 nitrogen and oxygen atoms in total. The van der Waals surface area contributed by atoms with E-state index in [-0.39, 0.29) is 0 Å². The molecule has 0 bridgehead atoms. The summed E-state index contributed by atoms with van der Waals surface area (Å²) in [5, 5.41) is 4.80. The number of hydrogen-bond acceptors (Lipinski definition) is 4. The summed E-state index contributed by atoms with van der Waals surface area (Å²) in [6.07, 6.45) is 0. The summed E-state index contributed by atoms with van der Waals surface area (Å²) in [6, 6.07) is 13.4. The van der Waals surface area contributed by atoms with Crippen LogP contribution in [0.25, 0.3) is 21.5 Å². The first-order chi connectivity index (χ1) is 15.3. The van der Waals surface area contributed by atoms with E-state index >= 15 is 0 Å². The van der Waals surface area contributed by atoms with E-state index in [1.54, 1.807) is 0 Å². The summed E-state index contributed by atoms with van der Waals surface area (Å²) >= 11 is 0. The van der Waals surface area contributed by atoms with Gasteiger partial charge >= 0.3 is 0 Å². The van der Waals surface area contributed by atoms with Crippen molar-refractivity contribution in [1.82, 2.24) is 0 Å². The van der Waals surface area contributed by atoms with Gasteiger partial charge in [-0.15, -0.1) is 0 Å². The van der Waals surface area contributed by atoms with Crippen LogP contribution < -0.4 is 18.8 Å². The zero-order valence-electron chi connectivity index (χ0n) is 23.3. The molecule has 0 aromatic heterocycles. The molecular weight excluding hydrogens is 485 g/mol. The maximum absolute atomic E-state index is 6.71. The number of hydrogen-bond donors (Lipinski definition) is 2. The highest BCUT2D eigenvalue weighted by Gasteiger charge is 2.25. The monoisotopic (exact) mass is 528 g/mol. The van der Waals surface area contributed by atoms with E-state index in [0.29, 0.717) is 0 Å². The van der Waals surface area contributed by atoms with Gasteiger partial charge in [0.1, 0.15) is 28.0 Å². The van der Waals surface area contributed by atoms with Gasteiger partial charge in [-0.2, -0.15) is 0 Å². The van der Waals surface area contributed by atoms with E-state index in [1.165, 1.54) is 21.5 Å². The molecule has 0 saturated heterocycles. The highest BCUT2D eigenvalue weighted by Crippen LogP contribution is 2.42. The molecule has 0 atom stereocenters. The molecule has 3 rings (SSSR count). The highest BCUT2D eigenvalue weighted by molar-refractivity contribution is 6.80. The van der Waals surface area contributed by atoms with Crippen LogP contribution in [0.4, 0.5) is 11.4 Å². The maximum atomic E-state index is 6.71. The largest absolute Gasteiger partial charge is 0.543 e. The third-order valence-electron chi connectivity index (χ3n) is 4.90. The average Bonchev–Trinajstić information content (AvgIpc) is 2.60. The SMILES string of the molecule is C[Si](C)(C)Nc1ccc2cc3c(N[Si](C)(C)C)c(O[Si](C)(C)C)ccc3cc2c1O[Si](C)(C)C. The molecule has 186 valence electrons. The van der Waals surface area contributed by atoms with Crippen molar-refractivity contribution < 1.29 is 8.85 Å². The molecule has 2 N–H and O–H groups in total. The zero-order chi connectivity index (χ0) is 25.7. The van der Waals surface area contributed by atoms with Crippen LogP contribution in [0, 0.1) is 0 Å². The summed E-state index contributed by atoms with van der Waals surface area (Å²) in [4.78, 5) is 7.68. The maximum Gasteiger partial charge on any atom is 0.242 e. The predicted octanol–water partition coefficient (Wildman–Crippen LogP) is 8.91. The molecule has 0 spiro atoms. The molecule has 0 aliphatic rings. The van der Waals surface area contributed by atoms with Crippen LogP contribution >= 0.6 is 0 Å². The van der Waals surface area contributed by atoms with E-state index in [1.807, 2.05) is 0 Å². The minimum absolute atomic E-state index is 0.976. The summed E-state index contributed by atoms with van der Waals surface area (Å²) < 4.78 is 13.2. The minimum atomic E-state index is -1.81. The number of nitrogens with one attached hydrogen (secondary N) is 2. The number of benzene rings is 3. The first-order valence-electron chi connectivity index (χ1n) is 12.3. The van der Waals surface area contributed by atoms with Crippen molar-refractivity contribution >= 4 is 66.0 Å². The van der Waals surface area contributed by atoms with E-state index in [4.69, 9.17) is 8.85 Å². The van der Waals surface area contributed by atoms with Crippen LogP contribution in [0.15, 0.2) is 36.4 Å². The number of rotatable bonds is 8. The molecule has 3 aromatic rings. The van der Waals surface area contributed by atoms with Crippen LogP contribution in [0.5, 0.6) is 11.5 Å². The molecule has 0 radical (unpaired) electrons. The van der Waals surface area contributed by atoms with Crippen LogP contribution in [0.2, 0.25) is 78.6 Å². The van der Waals surface area contributed by atoms with Crippen molar-refractivity contribution in [3.63, 3.8) is 0 Å². The second kappa shape index (κ2) is 9.04. The zero-order valence-corrected chi connectivity index (χ0v) is 27.3. The second-order valence-corrected chi connectivity index (χ2v) is 31.7. The van der Waals surface area contributed by atoms with Crippen molar-refractivity contribution in [2.45, 2.75) is 78.6 Å². The Morgan fingerprint density at radius 1 is 0.559 bits per heavy atom. The third kappa shape index (κ3) is 7.13. The lowest BCUT2D eigenvalue weighted by molar-refractivity contribution is 0.561. The van der Waals surface area contributed by atoms with Crippen molar-refractivity contribution in [3.8, 4) is 11.5 Å². The first kappa shape index (κ1) is 26.8. The summed E-state index contributed by atoms with van der Waals surface area (Å²) in [5.74, 6) is 1.98. The Morgan fingerprint density at radius 3 is 1.59 bits per heavy atom. The predicted molar refractivity (Wildman–Crippen MR) is 163 cm³/mol. The quantitative estimate of drug-likeness (QED) is 0.226. The lowest BCUT2D eigenvalue weighted by Gasteiger charge is -2.29. The Hall–Kier alpha value is -1.75. The van der Waals surface area contributed by atoms with E-state index in [9.17, 15) is 0 Å². The van der Waals surface area contributed by atoms with Gasteiger partial charge in [-0.1, -0.05) is 51.4 Å². The molecular formula is C26H44N2O2Si4. The van der Waals surface area contributed by atoms with Gasteiger partial charge in [0.15, 0.2) is 0 Å². The highest BCUT2D eigenvalue weighted by atomic mass is 28.4.